The first-order valence-corrected chi connectivity index (χ1v) is 8.70. The standard InChI is InChI=1S/C19H23N3O4/c1-13-8-10-19(11-9-13,18(24)25)20-17(23)16-15(26-2)12-22(21-16)14-6-4-3-5-7-14/h3-7,12-13H,8-11H2,1-2H3,(H,20,23)(H,24,25). The van der Waals surface area contributed by atoms with Gasteiger partial charge in [0.25, 0.3) is 5.91 Å². The molecule has 26 heavy (non-hydrogen) atoms. The minimum Gasteiger partial charge on any atom is -0.493 e. The van der Waals surface area contributed by atoms with E-state index in [-0.39, 0.29) is 5.69 Å². The molecule has 0 saturated heterocycles. The smallest absolute Gasteiger partial charge is 0.329 e. The topological polar surface area (TPSA) is 93.5 Å². The van der Waals surface area contributed by atoms with E-state index in [9.17, 15) is 14.7 Å². The summed E-state index contributed by atoms with van der Waals surface area (Å²) in [7, 11) is 1.46. The normalized spacial score (nSPS) is 22.6. The van der Waals surface area contributed by atoms with Crippen LogP contribution < -0.4 is 10.1 Å². The number of aliphatic carboxylic acids is 1. The summed E-state index contributed by atoms with van der Waals surface area (Å²) in [6.45, 7) is 2.10. The Morgan fingerprint density at radius 2 is 1.92 bits per heavy atom. The number of nitrogens with zero attached hydrogens (tertiary/aromatic N) is 2. The molecule has 1 aliphatic carbocycles. The lowest BCUT2D eigenvalue weighted by molar-refractivity contribution is -0.146. The van der Waals surface area contributed by atoms with Gasteiger partial charge in [0.15, 0.2) is 11.4 Å². The number of ether oxygens (including phenoxy) is 1. The van der Waals surface area contributed by atoms with Gasteiger partial charge in [-0.2, -0.15) is 5.10 Å². The molecule has 2 aromatic rings. The van der Waals surface area contributed by atoms with Crippen molar-refractivity contribution in [3.8, 4) is 11.4 Å². The highest BCUT2D eigenvalue weighted by Crippen LogP contribution is 2.33. The second kappa shape index (κ2) is 7.19. The van der Waals surface area contributed by atoms with Crippen molar-refractivity contribution in [3.05, 3.63) is 42.2 Å². The van der Waals surface area contributed by atoms with E-state index in [0.717, 1.165) is 18.5 Å². The molecule has 1 heterocycles. The van der Waals surface area contributed by atoms with Gasteiger partial charge in [-0.3, -0.25) is 4.79 Å². The van der Waals surface area contributed by atoms with Crippen molar-refractivity contribution in [1.29, 1.82) is 0 Å². The highest BCUT2D eigenvalue weighted by molar-refractivity contribution is 5.98. The van der Waals surface area contributed by atoms with E-state index in [0.29, 0.717) is 24.5 Å². The molecule has 7 heteroatoms. The molecule has 7 nitrogen and oxygen atoms in total. The number of amides is 1. The van der Waals surface area contributed by atoms with Crippen LogP contribution in [0.2, 0.25) is 0 Å². The molecular weight excluding hydrogens is 334 g/mol. The van der Waals surface area contributed by atoms with Gasteiger partial charge in [0, 0.05) is 0 Å². The Morgan fingerprint density at radius 1 is 1.27 bits per heavy atom. The summed E-state index contributed by atoms with van der Waals surface area (Å²) in [4.78, 5) is 24.7. The number of hydrogen-bond donors (Lipinski definition) is 2. The summed E-state index contributed by atoms with van der Waals surface area (Å²) in [6, 6.07) is 9.33. The first kappa shape index (κ1) is 18.0. The highest BCUT2D eigenvalue weighted by atomic mass is 16.5. The number of carbonyl (C=O) groups is 2. The zero-order chi connectivity index (χ0) is 18.7. The van der Waals surface area contributed by atoms with Crippen molar-refractivity contribution in [1.82, 2.24) is 15.1 Å². The lowest BCUT2D eigenvalue weighted by atomic mass is 9.77. The first-order valence-electron chi connectivity index (χ1n) is 8.70. The Kier molecular flexibility index (Phi) is 4.97. The number of methoxy groups -OCH3 is 1. The van der Waals surface area contributed by atoms with Gasteiger partial charge in [-0.05, 0) is 43.7 Å². The number of rotatable bonds is 5. The number of nitrogens with one attached hydrogen (secondary N) is 1. The van der Waals surface area contributed by atoms with Crippen LogP contribution in [-0.2, 0) is 4.79 Å². The number of para-hydroxylation sites is 1. The van der Waals surface area contributed by atoms with E-state index in [1.807, 2.05) is 30.3 Å². The molecule has 138 valence electrons. The quantitative estimate of drug-likeness (QED) is 0.858. The monoisotopic (exact) mass is 357 g/mol. The van der Waals surface area contributed by atoms with Crippen molar-refractivity contribution in [3.63, 3.8) is 0 Å². The van der Waals surface area contributed by atoms with Gasteiger partial charge >= 0.3 is 5.97 Å². The molecule has 0 aliphatic heterocycles. The van der Waals surface area contributed by atoms with Crippen LogP contribution in [0.15, 0.2) is 36.5 Å². The van der Waals surface area contributed by atoms with Crippen LogP contribution in [0, 0.1) is 5.92 Å². The predicted molar refractivity (Wildman–Crippen MR) is 95.6 cm³/mol. The number of carboxylic acids is 1. The molecule has 0 atom stereocenters. The van der Waals surface area contributed by atoms with E-state index >= 15 is 0 Å². The van der Waals surface area contributed by atoms with Crippen LogP contribution in [0.5, 0.6) is 5.75 Å². The maximum atomic E-state index is 12.8. The van der Waals surface area contributed by atoms with Crippen molar-refractivity contribution >= 4 is 11.9 Å². The summed E-state index contributed by atoms with van der Waals surface area (Å²) < 4.78 is 6.82. The molecule has 0 radical (unpaired) electrons. The SMILES string of the molecule is COc1cn(-c2ccccc2)nc1C(=O)NC1(C(=O)O)CCC(C)CC1. The van der Waals surface area contributed by atoms with E-state index in [1.54, 1.807) is 10.9 Å². The summed E-state index contributed by atoms with van der Waals surface area (Å²) in [5.41, 5.74) is -0.384. The minimum atomic E-state index is -1.24. The fourth-order valence-corrected chi connectivity index (χ4v) is 3.30. The van der Waals surface area contributed by atoms with Gasteiger partial charge in [0.1, 0.15) is 5.54 Å². The average molecular weight is 357 g/mol. The first-order chi connectivity index (χ1) is 12.4. The second-order valence-corrected chi connectivity index (χ2v) is 6.85. The lowest BCUT2D eigenvalue weighted by Gasteiger charge is -2.36. The molecular formula is C19H23N3O4. The summed E-state index contributed by atoms with van der Waals surface area (Å²) in [5, 5.41) is 16.7. The van der Waals surface area contributed by atoms with E-state index in [2.05, 4.69) is 17.3 Å². The van der Waals surface area contributed by atoms with E-state index in [4.69, 9.17) is 4.74 Å². The number of carboxylic acid groups (broad SMARTS) is 1. The predicted octanol–water partition coefficient (Wildman–Crippen LogP) is 2.64. The molecule has 2 N–H and O–H groups in total. The Bertz CT molecular complexity index is 792. The third kappa shape index (κ3) is 3.42. The molecule has 1 saturated carbocycles. The molecule has 1 amide bonds. The summed E-state index contributed by atoms with van der Waals surface area (Å²) in [5.74, 6) is -0.769. The Hall–Kier alpha value is -2.83. The molecule has 1 aliphatic rings. The van der Waals surface area contributed by atoms with Crippen LogP contribution in [-0.4, -0.2) is 39.4 Å². The fourth-order valence-electron chi connectivity index (χ4n) is 3.30. The van der Waals surface area contributed by atoms with Crippen LogP contribution in [0.4, 0.5) is 0 Å². The van der Waals surface area contributed by atoms with Crippen LogP contribution in [0.25, 0.3) is 5.69 Å². The Labute approximate surface area is 152 Å². The van der Waals surface area contributed by atoms with E-state index < -0.39 is 17.4 Å². The van der Waals surface area contributed by atoms with Gasteiger partial charge in [0.05, 0.1) is 19.0 Å². The fraction of sp³-hybridized carbons (Fsp3) is 0.421. The van der Waals surface area contributed by atoms with Gasteiger partial charge < -0.3 is 15.2 Å². The Morgan fingerprint density at radius 3 is 2.50 bits per heavy atom. The number of benzene rings is 1. The molecule has 1 fully saturated rings. The number of carbonyl (C=O) groups excluding carboxylic acids is 1. The van der Waals surface area contributed by atoms with Crippen molar-refractivity contribution in [2.45, 2.75) is 38.1 Å². The molecule has 1 aromatic heterocycles. The molecule has 0 spiro atoms. The molecule has 0 unspecified atom stereocenters. The largest absolute Gasteiger partial charge is 0.493 e. The maximum absolute atomic E-state index is 12.8. The number of hydrogen-bond acceptors (Lipinski definition) is 4. The summed E-state index contributed by atoms with van der Waals surface area (Å²) >= 11 is 0. The van der Waals surface area contributed by atoms with Crippen molar-refractivity contribution in [2.24, 2.45) is 5.92 Å². The Balaban J connectivity index is 1.87. The van der Waals surface area contributed by atoms with Gasteiger partial charge in [-0.15, -0.1) is 0 Å². The van der Waals surface area contributed by atoms with E-state index in [1.165, 1.54) is 7.11 Å². The van der Waals surface area contributed by atoms with Gasteiger partial charge in [-0.25, -0.2) is 9.48 Å². The maximum Gasteiger partial charge on any atom is 0.329 e. The molecule has 1 aromatic carbocycles. The van der Waals surface area contributed by atoms with Crippen LogP contribution in [0.3, 0.4) is 0 Å². The zero-order valence-electron chi connectivity index (χ0n) is 14.9. The van der Waals surface area contributed by atoms with Crippen LogP contribution >= 0.6 is 0 Å². The number of aromatic nitrogens is 2. The molecule has 3 rings (SSSR count). The van der Waals surface area contributed by atoms with Crippen molar-refractivity contribution in [2.75, 3.05) is 7.11 Å². The summed E-state index contributed by atoms with van der Waals surface area (Å²) in [6.07, 6.45) is 3.97. The highest BCUT2D eigenvalue weighted by Gasteiger charge is 2.43. The second-order valence-electron chi connectivity index (χ2n) is 6.85. The van der Waals surface area contributed by atoms with Gasteiger partial charge in [-0.1, -0.05) is 25.1 Å². The minimum absolute atomic E-state index is 0.0793. The molecule has 0 bridgehead atoms. The van der Waals surface area contributed by atoms with Crippen molar-refractivity contribution < 1.29 is 19.4 Å². The third-order valence-corrected chi connectivity index (χ3v) is 5.03. The zero-order valence-corrected chi connectivity index (χ0v) is 14.9. The van der Waals surface area contributed by atoms with Crippen LogP contribution in [0.1, 0.15) is 43.1 Å². The third-order valence-electron chi connectivity index (χ3n) is 5.03. The van der Waals surface area contributed by atoms with Gasteiger partial charge in [0.2, 0.25) is 0 Å². The lowest BCUT2D eigenvalue weighted by Crippen LogP contribution is -2.56. The average Bonchev–Trinajstić information content (AvgIpc) is 3.09.